The Kier molecular flexibility index (Phi) is 6.41. The Hall–Kier alpha value is -2.78. The number of benzene rings is 1. The predicted octanol–water partition coefficient (Wildman–Crippen LogP) is 3.06. The quantitative estimate of drug-likeness (QED) is 0.588. The van der Waals surface area contributed by atoms with Gasteiger partial charge in [0, 0.05) is 24.3 Å². The lowest BCUT2D eigenvalue weighted by Crippen LogP contribution is -2.40. The zero-order valence-electron chi connectivity index (χ0n) is 19.4. The van der Waals surface area contributed by atoms with Crippen LogP contribution in [0.15, 0.2) is 29.1 Å². The molecule has 176 valence electrons. The molecule has 2 aromatic heterocycles. The van der Waals surface area contributed by atoms with E-state index in [2.05, 4.69) is 32.5 Å². The van der Waals surface area contributed by atoms with Gasteiger partial charge in [-0.15, -0.1) is 5.10 Å². The summed E-state index contributed by atoms with van der Waals surface area (Å²) in [6, 6.07) is 7.74. The molecule has 2 fully saturated rings. The van der Waals surface area contributed by atoms with Crippen molar-refractivity contribution in [1.82, 2.24) is 30.1 Å². The lowest BCUT2D eigenvalue weighted by atomic mass is 9.92. The Labute approximate surface area is 193 Å². The highest BCUT2D eigenvalue weighted by molar-refractivity contribution is 5.80. The topological polar surface area (TPSA) is 98.2 Å². The summed E-state index contributed by atoms with van der Waals surface area (Å²) < 4.78 is 13.0. The monoisotopic (exact) mass is 452 g/mol. The lowest BCUT2D eigenvalue weighted by Gasteiger charge is -2.36. The van der Waals surface area contributed by atoms with Crippen LogP contribution in [0.25, 0.3) is 10.9 Å². The largest absolute Gasteiger partial charge is 0.497 e. The number of aromatic nitrogens is 5. The number of fused-ring (bicyclic) bond motifs is 1. The van der Waals surface area contributed by atoms with Crippen LogP contribution in [0.2, 0.25) is 0 Å². The molecule has 1 aromatic carbocycles. The zero-order valence-corrected chi connectivity index (χ0v) is 19.4. The third-order valence-corrected chi connectivity index (χ3v) is 7.14. The number of nitrogens with one attached hydrogen (secondary N) is 1. The van der Waals surface area contributed by atoms with Gasteiger partial charge in [-0.25, -0.2) is 4.68 Å². The van der Waals surface area contributed by atoms with E-state index < -0.39 is 0 Å². The number of hydrogen-bond acceptors (Lipinski definition) is 7. The zero-order chi connectivity index (χ0) is 22.8. The van der Waals surface area contributed by atoms with Gasteiger partial charge in [0.05, 0.1) is 25.3 Å². The molecule has 1 aliphatic carbocycles. The standard InChI is InChI=1S/C24H32N6O3/c1-29(17-7-4-3-5-8-17)22(23-26-27-28-30(23)15-19-9-6-12-33-19)20-13-16-10-11-18(32-2)14-21(16)25-24(20)31/h10-11,13-14,17,19,22H,3-9,12,15H2,1-2H3,(H,25,31). The summed E-state index contributed by atoms with van der Waals surface area (Å²) in [5, 5.41) is 13.7. The maximum atomic E-state index is 13.4. The minimum atomic E-state index is -0.347. The number of nitrogens with zero attached hydrogens (tertiary/aromatic N) is 5. The summed E-state index contributed by atoms with van der Waals surface area (Å²) in [5.74, 6) is 1.40. The molecular formula is C24H32N6O3. The van der Waals surface area contributed by atoms with Crippen LogP contribution in [-0.2, 0) is 11.3 Å². The molecule has 5 rings (SSSR count). The van der Waals surface area contributed by atoms with E-state index in [1.54, 1.807) is 7.11 Å². The van der Waals surface area contributed by atoms with Gasteiger partial charge in [0.25, 0.3) is 5.56 Å². The van der Waals surface area contributed by atoms with Crippen molar-refractivity contribution in [3.8, 4) is 5.75 Å². The van der Waals surface area contributed by atoms with Gasteiger partial charge in [-0.05, 0) is 66.7 Å². The first kappa shape index (κ1) is 22.0. The summed E-state index contributed by atoms with van der Waals surface area (Å²) >= 11 is 0. The van der Waals surface area contributed by atoms with Crippen LogP contribution in [0.5, 0.6) is 5.75 Å². The molecule has 2 atom stereocenters. The first-order valence-electron chi connectivity index (χ1n) is 11.9. The van der Waals surface area contributed by atoms with Crippen LogP contribution < -0.4 is 10.3 Å². The fraction of sp³-hybridized carbons (Fsp3) is 0.583. The first-order valence-corrected chi connectivity index (χ1v) is 11.9. The second-order valence-electron chi connectivity index (χ2n) is 9.22. The van der Waals surface area contributed by atoms with Crippen LogP contribution in [0.1, 0.15) is 62.4 Å². The minimum absolute atomic E-state index is 0.107. The van der Waals surface area contributed by atoms with E-state index in [1.165, 1.54) is 19.3 Å². The molecular weight excluding hydrogens is 420 g/mol. The number of hydrogen-bond donors (Lipinski definition) is 1. The van der Waals surface area contributed by atoms with E-state index in [0.717, 1.165) is 43.2 Å². The van der Waals surface area contributed by atoms with Gasteiger partial charge in [0.15, 0.2) is 5.82 Å². The van der Waals surface area contributed by atoms with E-state index in [0.29, 0.717) is 29.7 Å². The smallest absolute Gasteiger partial charge is 0.253 e. The fourth-order valence-electron chi connectivity index (χ4n) is 5.29. The molecule has 3 aromatic rings. The summed E-state index contributed by atoms with van der Waals surface area (Å²) in [7, 11) is 3.72. The molecule has 3 heterocycles. The summed E-state index contributed by atoms with van der Waals surface area (Å²) in [4.78, 5) is 18.8. The molecule has 9 nitrogen and oxygen atoms in total. The molecule has 0 spiro atoms. The second-order valence-corrected chi connectivity index (χ2v) is 9.22. The third-order valence-electron chi connectivity index (χ3n) is 7.14. The van der Waals surface area contributed by atoms with Gasteiger partial charge in [-0.2, -0.15) is 0 Å². The van der Waals surface area contributed by atoms with Crippen molar-refractivity contribution in [3.63, 3.8) is 0 Å². The highest BCUT2D eigenvalue weighted by atomic mass is 16.5. The van der Waals surface area contributed by atoms with Gasteiger partial charge < -0.3 is 14.5 Å². The molecule has 1 saturated carbocycles. The average molecular weight is 453 g/mol. The molecule has 0 bridgehead atoms. The van der Waals surface area contributed by atoms with Crippen LogP contribution in [0.4, 0.5) is 0 Å². The third kappa shape index (κ3) is 4.52. The average Bonchev–Trinajstić information content (AvgIpc) is 3.52. The molecule has 1 aliphatic heterocycles. The van der Waals surface area contributed by atoms with Gasteiger partial charge >= 0.3 is 0 Å². The Morgan fingerprint density at radius 2 is 2.06 bits per heavy atom. The van der Waals surface area contributed by atoms with Crippen LogP contribution >= 0.6 is 0 Å². The van der Waals surface area contributed by atoms with Crippen molar-refractivity contribution in [2.45, 2.75) is 69.7 Å². The Bertz CT molecular complexity index is 1150. The molecule has 1 N–H and O–H groups in total. The molecule has 33 heavy (non-hydrogen) atoms. The number of tetrazole rings is 1. The highest BCUT2D eigenvalue weighted by Crippen LogP contribution is 2.33. The van der Waals surface area contributed by atoms with Crippen molar-refractivity contribution in [3.05, 3.63) is 46.0 Å². The highest BCUT2D eigenvalue weighted by Gasteiger charge is 2.33. The van der Waals surface area contributed by atoms with E-state index in [-0.39, 0.29) is 17.7 Å². The normalized spacial score (nSPS) is 20.5. The number of rotatable bonds is 7. The number of methoxy groups -OCH3 is 1. The van der Waals surface area contributed by atoms with Crippen molar-refractivity contribution < 1.29 is 9.47 Å². The van der Waals surface area contributed by atoms with Crippen LogP contribution in [-0.4, -0.2) is 63.0 Å². The molecule has 0 amide bonds. The van der Waals surface area contributed by atoms with Crippen molar-refractivity contribution >= 4 is 10.9 Å². The molecule has 1 saturated heterocycles. The van der Waals surface area contributed by atoms with E-state index in [9.17, 15) is 4.79 Å². The summed E-state index contributed by atoms with van der Waals surface area (Å²) in [6.07, 6.45) is 8.07. The van der Waals surface area contributed by atoms with Gasteiger partial charge in [-0.3, -0.25) is 9.69 Å². The predicted molar refractivity (Wildman–Crippen MR) is 124 cm³/mol. The number of H-pyrrole nitrogens is 1. The molecule has 9 heteroatoms. The van der Waals surface area contributed by atoms with Gasteiger partial charge in [-0.1, -0.05) is 19.3 Å². The van der Waals surface area contributed by atoms with E-state index >= 15 is 0 Å². The number of pyridine rings is 1. The minimum Gasteiger partial charge on any atom is -0.497 e. The lowest BCUT2D eigenvalue weighted by molar-refractivity contribution is 0.0894. The number of aromatic amines is 1. The second kappa shape index (κ2) is 9.61. The van der Waals surface area contributed by atoms with Crippen molar-refractivity contribution in [2.75, 3.05) is 20.8 Å². The summed E-state index contributed by atoms with van der Waals surface area (Å²) in [5.41, 5.74) is 1.28. The SMILES string of the molecule is COc1ccc2cc(C(c3nnnn3CC3CCCO3)N(C)C3CCCCC3)c(=O)[nH]c2c1. The first-order chi connectivity index (χ1) is 16.1. The van der Waals surface area contributed by atoms with Crippen molar-refractivity contribution in [1.29, 1.82) is 0 Å². The molecule has 2 unspecified atom stereocenters. The van der Waals surface area contributed by atoms with Crippen LogP contribution in [0, 0.1) is 0 Å². The molecule has 0 radical (unpaired) electrons. The Morgan fingerprint density at radius 3 is 2.82 bits per heavy atom. The maximum absolute atomic E-state index is 13.4. The van der Waals surface area contributed by atoms with Gasteiger partial charge in [0.1, 0.15) is 11.8 Å². The van der Waals surface area contributed by atoms with Gasteiger partial charge in [0.2, 0.25) is 0 Å². The van der Waals surface area contributed by atoms with Crippen LogP contribution in [0.3, 0.4) is 0 Å². The fourth-order valence-corrected chi connectivity index (χ4v) is 5.29. The molecule has 2 aliphatic rings. The maximum Gasteiger partial charge on any atom is 0.253 e. The summed E-state index contributed by atoms with van der Waals surface area (Å²) in [6.45, 7) is 1.38. The number of ether oxygens (including phenoxy) is 2. The Morgan fingerprint density at radius 1 is 1.21 bits per heavy atom. The van der Waals surface area contributed by atoms with E-state index in [1.807, 2.05) is 28.9 Å². The Balaban J connectivity index is 1.58. The van der Waals surface area contributed by atoms with Crippen molar-refractivity contribution in [2.24, 2.45) is 0 Å². The van der Waals surface area contributed by atoms with E-state index in [4.69, 9.17) is 9.47 Å².